The maximum Gasteiger partial charge on any atom is 0.233 e. The molecule has 0 bridgehead atoms. The highest BCUT2D eigenvalue weighted by atomic mass is 32.2. The number of carbonyl (C=O) groups excluding carboxylic acids is 1. The molecule has 2 aromatic rings. The van der Waals surface area contributed by atoms with E-state index in [9.17, 15) is 4.79 Å². The molecule has 8 heteroatoms. The van der Waals surface area contributed by atoms with Crippen LogP contribution in [0, 0.1) is 0 Å². The molecule has 21 heavy (non-hydrogen) atoms. The molecule has 6 nitrogen and oxygen atoms in total. The van der Waals surface area contributed by atoms with Crippen molar-refractivity contribution in [3.8, 4) is 0 Å². The first kappa shape index (κ1) is 15.8. The first-order valence-corrected chi connectivity index (χ1v) is 8.53. The van der Waals surface area contributed by atoms with E-state index < -0.39 is 0 Å². The van der Waals surface area contributed by atoms with Crippen molar-refractivity contribution in [1.82, 2.24) is 15.1 Å². The Hall–Kier alpha value is -1.54. The first-order valence-electron chi connectivity index (χ1n) is 6.73. The smallest absolute Gasteiger partial charge is 0.233 e. The van der Waals surface area contributed by atoms with Crippen molar-refractivity contribution in [1.29, 1.82) is 0 Å². The number of hydrogen-bond donors (Lipinski definition) is 1. The van der Waals surface area contributed by atoms with E-state index in [1.54, 1.807) is 6.26 Å². The topological polar surface area (TPSA) is 71.3 Å². The van der Waals surface area contributed by atoms with Crippen LogP contribution in [-0.2, 0) is 11.3 Å². The van der Waals surface area contributed by atoms with Crippen LogP contribution in [0.2, 0.25) is 0 Å². The van der Waals surface area contributed by atoms with Crippen LogP contribution in [0.1, 0.15) is 19.6 Å². The van der Waals surface area contributed by atoms with Crippen molar-refractivity contribution < 1.29 is 9.21 Å². The summed E-state index contributed by atoms with van der Waals surface area (Å²) in [7, 11) is 0. The van der Waals surface area contributed by atoms with Crippen molar-refractivity contribution in [2.45, 2.75) is 24.7 Å². The largest absolute Gasteiger partial charge is 0.467 e. The molecule has 0 unspecified atom stereocenters. The number of nitrogens with one attached hydrogen (secondary N) is 1. The van der Waals surface area contributed by atoms with Gasteiger partial charge in [-0.25, -0.2) is 0 Å². The Balaban J connectivity index is 1.79. The molecule has 1 N–H and O–H groups in total. The van der Waals surface area contributed by atoms with Gasteiger partial charge in [0.15, 0.2) is 4.34 Å². The molecule has 0 aromatic carbocycles. The predicted octanol–water partition coefficient (Wildman–Crippen LogP) is 2.70. The molecule has 0 saturated heterocycles. The highest BCUT2D eigenvalue weighted by Crippen LogP contribution is 2.26. The maximum absolute atomic E-state index is 11.9. The van der Waals surface area contributed by atoms with E-state index >= 15 is 0 Å². The van der Waals surface area contributed by atoms with Crippen LogP contribution in [0.5, 0.6) is 0 Å². The second-order valence-electron chi connectivity index (χ2n) is 4.16. The lowest BCUT2D eigenvalue weighted by Crippen LogP contribution is -2.31. The Morgan fingerprint density at radius 2 is 2.24 bits per heavy atom. The number of anilines is 1. The highest BCUT2D eigenvalue weighted by Gasteiger charge is 2.12. The Morgan fingerprint density at radius 3 is 2.90 bits per heavy atom. The third-order valence-electron chi connectivity index (χ3n) is 2.84. The SMILES string of the molecule is CCN(CC)C(=O)CSc1nnc(NCc2ccco2)s1. The number of rotatable bonds is 8. The van der Waals surface area contributed by atoms with Crippen LogP contribution in [0.15, 0.2) is 27.2 Å². The molecule has 0 fully saturated rings. The van der Waals surface area contributed by atoms with Gasteiger partial charge in [-0.15, -0.1) is 10.2 Å². The van der Waals surface area contributed by atoms with Gasteiger partial charge in [0.25, 0.3) is 0 Å². The number of carbonyl (C=O) groups is 1. The zero-order chi connectivity index (χ0) is 15.1. The second kappa shape index (κ2) is 8.04. The Kier molecular flexibility index (Phi) is 6.06. The van der Waals surface area contributed by atoms with Gasteiger partial charge in [0.2, 0.25) is 11.0 Å². The summed E-state index contributed by atoms with van der Waals surface area (Å²) in [6, 6.07) is 3.74. The maximum atomic E-state index is 11.9. The van der Waals surface area contributed by atoms with Gasteiger partial charge < -0.3 is 14.6 Å². The number of thioether (sulfide) groups is 1. The van der Waals surface area contributed by atoms with Gasteiger partial charge in [-0.2, -0.15) is 0 Å². The Bertz CT molecular complexity index is 552. The number of amides is 1. The van der Waals surface area contributed by atoms with Crippen molar-refractivity contribution in [2.75, 3.05) is 24.2 Å². The second-order valence-corrected chi connectivity index (χ2v) is 6.36. The Morgan fingerprint density at radius 1 is 1.43 bits per heavy atom. The fraction of sp³-hybridized carbons (Fsp3) is 0.462. The van der Waals surface area contributed by atoms with E-state index in [1.165, 1.54) is 23.1 Å². The molecule has 0 atom stereocenters. The van der Waals surface area contributed by atoms with E-state index in [0.29, 0.717) is 12.3 Å². The fourth-order valence-electron chi connectivity index (χ4n) is 1.71. The number of aromatic nitrogens is 2. The minimum Gasteiger partial charge on any atom is -0.467 e. The minimum absolute atomic E-state index is 0.130. The molecule has 114 valence electrons. The van der Waals surface area contributed by atoms with Gasteiger partial charge in [0, 0.05) is 13.1 Å². The normalized spacial score (nSPS) is 10.6. The molecule has 0 radical (unpaired) electrons. The van der Waals surface area contributed by atoms with Crippen LogP contribution >= 0.6 is 23.1 Å². The standard InChI is InChI=1S/C13H18N4O2S2/c1-3-17(4-2)11(18)9-20-13-16-15-12(21-13)14-8-10-6-5-7-19-10/h5-7H,3-4,8-9H2,1-2H3,(H,14,15). The summed E-state index contributed by atoms with van der Waals surface area (Å²) in [5.74, 6) is 1.37. The lowest BCUT2D eigenvalue weighted by molar-refractivity contribution is -0.127. The number of furan rings is 1. The lowest BCUT2D eigenvalue weighted by Gasteiger charge is -2.17. The summed E-state index contributed by atoms with van der Waals surface area (Å²) in [6.07, 6.45) is 1.64. The number of hydrogen-bond acceptors (Lipinski definition) is 7. The van der Waals surface area contributed by atoms with Crippen molar-refractivity contribution in [3.05, 3.63) is 24.2 Å². The minimum atomic E-state index is 0.130. The average Bonchev–Trinajstić information content (AvgIpc) is 3.16. The quantitative estimate of drug-likeness (QED) is 0.752. The third-order valence-corrected chi connectivity index (χ3v) is 4.83. The third kappa shape index (κ3) is 4.75. The highest BCUT2D eigenvalue weighted by molar-refractivity contribution is 8.01. The van der Waals surface area contributed by atoms with Crippen LogP contribution < -0.4 is 5.32 Å². The van der Waals surface area contributed by atoms with Crippen LogP contribution in [0.25, 0.3) is 0 Å². The molecule has 0 spiro atoms. The van der Waals surface area contributed by atoms with Crippen LogP contribution in [0.3, 0.4) is 0 Å². The molecular formula is C13H18N4O2S2. The van der Waals surface area contributed by atoms with Crippen molar-refractivity contribution >= 4 is 34.1 Å². The molecule has 2 heterocycles. The summed E-state index contributed by atoms with van der Waals surface area (Å²) < 4.78 is 6.02. The molecule has 2 aromatic heterocycles. The van der Waals surface area contributed by atoms with Crippen LogP contribution in [-0.4, -0.2) is 39.8 Å². The zero-order valence-corrected chi connectivity index (χ0v) is 13.7. The Labute approximate surface area is 131 Å². The van der Waals surface area contributed by atoms with Gasteiger partial charge >= 0.3 is 0 Å². The molecule has 0 saturated carbocycles. The number of nitrogens with zero attached hydrogens (tertiary/aromatic N) is 3. The summed E-state index contributed by atoms with van der Waals surface area (Å²) in [5, 5.41) is 12.0. The molecular weight excluding hydrogens is 308 g/mol. The van der Waals surface area contributed by atoms with Crippen molar-refractivity contribution in [2.24, 2.45) is 0 Å². The molecule has 1 amide bonds. The fourth-order valence-corrected chi connectivity index (χ4v) is 3.36. The summed E-state index contributed by atoms with van der Waals surface area (Å²) >= 11 is 2.86. The van der Waals surface area contributed by atoms with Crippen LogP contribution in [0.4, 0.5) is 5.13 Å². The summed E-state index contributed by atoms with van der Waals surface area (Å²) in [5.41, 5.74) is 0. The van der Waals surface area contributed by atoms with E-state index in [1.807, 2.05) is 30.9 Å². The van der Waals surface area contributed by atoms with Gasteiger partial charge in [-0.3, -0.25) is 4.79 Å². The predicted molar refractivity (Wildman–Crippen MR) is 84.6 cm³/mol. The van der Waals surface area contributed by atoms with Gasteiger partial charge in [0.1, 0.15) is 5.76 Å². The molecule has 0 aliphatic carbocycles. The monoisotopic (exact) mass is 326 g/mol. The van der Waals surface area contributed by atoms with Crippen molar-refractivity contribution in [3.63, 3.8) is 0 Å². The average molecular weight is 326 g/mol. The van der Waals surface area contributed by atoms with Gasteiger partial charge in [-0.1, -0.05) is 23.1 Å². The first-order chi connectivity index (χ1) is 10.2. The lowest BCUT2D eigenvalue weighted by atomic mass is 10.4. The zero-order valence-electron chi connectivity index (χ0n) is 12.0. The summed E-state index contributed by atoms with van der Waals surface area (Å²) in [6.45, 7) is 6.01. The van der Waals surface area contributed by atoms with E-state index in [-0.39, 0.29) is 5.91 Å². The molecule has 0 aliphatic rings. The van der Waals surface area contributed by atoms with Gasteiger partial charge in [0.05, 0.1) is 18.6 Å². The van der Waals surface area contributed by atoms with Gasteiger partial charge in [-0.05, 0) is 26.0 Å². The molecule has 2 rings (SSSR count). The van der Waals surface area contributed by atoms with E-state index in [2.05, 4.69) is 15.5 Å². The van der Waals surface area contributed by atoms with E-state index in [0.717, 1.165) is 28.3 Å². The summed E-state index contributed by atoms with van der Waals surface area (Å²) in [4.78, 5) is 13.7. The van der Waals surface area contributed by atoms with E-state index in [4.69, 9.17) is 4.42 Å². The molecule has 0 aliphatic heterocycles.